The summed E-state index contributed by atoms with van der Waals surface area (Å²) < 4.78 is 225. The largest absolute Gasteiger partial charge is 0.477 e. The first kappa shape index (κ1) is 38.2. The van der Waals surface area contributed by atoms with Crippen LogP contribution >= 0.6 is 0 Å². The Kier molecular flexibility index (Phi) is 10.9. The van der Waals surface area contributed by atoms with Crippen molar-refractivity contribution in [2.75, 3.05) is 40.3 Å². The van der Waals surface area contributed by atoms with Gasteiger partial charge in [-0.05, 0) is 0 Å². The number of carboxylic acids is 1. The molecule has 0 rings (SSSR count). The standard InChI is InChI=1S/C18H21F17N2O3/c1-37(2,8-10(39)40)5-3-4-36-7-9(38)6-11(19,20)12(21,22)13(23,24)14(25,26)15(27,28)16(29,30)17(31,32)18(33,34)35/h9,36,38H,3-8H2,1-2H3/p+1. The van der Waals surface area contributed by atoms with Crippen LogP contribution in [0.1, 0.15) is 12.8 Å². The Morgan fingerprint density at radius 2 is 1.07 bits per heavy atom. The summed E-state index contributed by atoms with van der Waals surface area (Å²) in [6, 6.07) is 0. The molecule has 5 nitrogen and oxygen atoms in total. The van der Waals surface area contributed by atoms with Crippen molar-refractivity contribution in [2.45, 2.75) is 66.6 Å². The summed E-state index contributed by atoms with van der Waals surface area (Å²) in [5, 5.41) is 20.2. The Labute approximate surface area is 213 Å². The molecule has 0 aliphatic rings. The van der Waals surface area contributed by atoms with Crippen LogP contribution in [0.4, 0.5) is 74.6 Å². The average molecular weight is 637 g/mol. The van der Waals surface area contributed by atoms with E-state index < -0.39 is 72.7 Å². The van der Waals surface area contributed by atoms with Crippen molar-refractivity contribution in [3.63, 3.8) is 0 Å². The highest BCUT2D eigenvalue weighted by Crippen LogP contribution is 2.64. The zero-order valence-electron chi connectivity index (χ0n) is 20.0. The van der Waals surface area contributed by atoms with Crippen LogP contribution in [0.25, 0.3) is 0 Å². The Bertz CT molecular complexity index is 874. The average Bonchev–Trinajstić information content (AvgIpc) is 2.70. The van der Waals surface area contributed by atoms with E-state index in [1.165, 1.54) is 14.1 Å². The molecule has 0 aromatic heterocycles. The minimum absolute atomic E-state index is 0.0235. The van der Waals surface area contributed by atoms with Gasteiger partial charge in [0.2, 0.25) is 0 Å². The lowest BCUT2D eigenvalue weighted by molar-refractivity contribution is -0.883. The van der Waals surface area contributed by atoms with Gasteiger partial charge in [-0.1, -0.05) is 0 Å². The van der Waals surface area contributed by atoms with Crippen molar-refractivity contribution in [2.24, 2.45) is 0 Å². The second kappa shape index (κ2) is 11.4. The number of carbonyl (C=O) groups is 1. The molecule has 0 aliphatic carbocycles. The van der Waals surface area contributed by atoms with Crippen LogP contribution in [0.2, 0.25) is 0 Å². The highest BCUT2D eigenvalue weighted by molar-refractivity contribution is 5.67. The molecule has 22 heteroatoms. The van der Waals surface area contributed by atoms with Gasteiger partial charge in [-0.2, -0.15) is 74.6 Å². The smallest absolute Gasteiger partial charge is 0.460 e. The normalized spacial score (nSPS) is 16.3. The van der Waals surface area contributed by atoms with Gasteiger partial charge >= 0.3 is 53.6 Å². The van der Waals surface area contributed by atoms with Crippen molar-refractivity contribution < 1.29 is 94.1 Å². The Morgan fingerprint density at radius 1 is 0.700 bits per heavy atom. The van der Waals surface area contributed by atoms with E-state index in [9.17, 15) is 84.5 Å². The number of nitrogens with zero attached hydrogens (tertiary/aromatic N) is 1. The molecule has 0 saturated carbocycles. The zero-order valence-corrected chi connectivity index (χ0v) is 20.0. The van der Waals surface area contributed by atoms with Crippen LogP contribution in [0.5, 0.6) is 0 Å². The number of halogens is 17. The first-order valence-electron chi connectivity index (χ1n) is 10.4. The predicted molar refractivity (Wildman–Crippen MR) is 98.3 cm³/mol. The lowest BCUT2D eigenvalue weighted by Crippen LogP contribution is -2.74. The van der Waals surface area contributed by atoms with Crippen LogP contribution in [-0.2, 0) is 4.79 Å². The number of nitrogens with one attached hydrogen (secondary N) is 1. The van der Waals surface area contributed by atoms with Gasteiger partial charge in [0, 0.05) is 25.9 Å². The summed E-state index contributed by atoms with van der Waals surface area (Å²) in [7, 11) is 2.87. The fourth-order valence-corrected chi connectivity index (χ4v) is 3.04. The monoisotopic (exact) mass is 637 g/mol. The number of aliphatic carboxylic acids is 1. The van der Waals surface area contributed by atoms with Gasteiger partial charge in [-0.25, -0.2) is 4.79 Å². The van der Waals surface area contributed by atoms with Gasteiger partial charge in [-0.15, -0.1) is 0 Å². The summed E-state index contributed by atoms with van der Waals surface area (Å²) in [5.41, 5.74) is 0. The van der Waals surface area contributed by atoms with Gasteiger partial charge < -0.3 is 20.0 Å². The van der Waals surface area contributed by atoms with Crippen molar-refractivity contribution in [3.8, 4) is 0 Å². The van der Waals surface area contributed by atoms with E-state index in [0.29, 0.717) is 0 Å². The van der Waals surface area contributed by atoms with Crippen molar-refractivity contribution >= 4 is 5.97 Å². The van der Waals surface area contributed by atoms with Crippen molar-refractivity contribution in [1.29, 1.82) is 0 Å². The minimum atomic E-state index is -8.70. The number of carboxylic acid groups (broad SMARTS) is 1. The summed E-state index contributed by atoms with van der Waals surface area (Å²) >= 11 is 0. The minimum Gasteiger partial charge on any atom is -0.477 e. The summed E-state index contributed by atoms with van der Waals surface area (Å²) in [6.07, 6.45) is -13.6. The second-order valence-corrected chi connectivity index (χ2v) is 9.28. The van der Waals surface area contributed by atoms with E-state index >= 15 is 0 Å². The highest BCUT2D eigenvalue weighted by Gasteiger charge is 2.95. The van der Waals surface area contributed by atoms with E-state index in [1.54, 1.807) is 0 Å². The van der Waals surface area contributed by atoms with Crippen LogP contribution in [-0.4, -0.2) is 115 Å². The van der Waals surface area contributed by atoms with E-state index in [4.69, 9.17) is 5.11 Å². The molecule has 1 atom stereocenters. The number of aliphatic hydroxyl groups is 1. The Balaban J connectivity index is 5.79. The number of hydrogen-bond donors (Lipinski definition) is 3. The third-order valence-electron chi connectivity index (χ3n) is 5.34. The molecule has 0 bridgehead atoms. The third-order valence-corrected chi connectivity index (χ3v) is 5.34. The lowest BCUT2D eigenvalue weighted by atomic mass is 9.87. The summed E-state index contributed by atoms with van der Waals surface area (Å²) in [4.78, 5) is 10.7. The molecule has 0 aliphatic heterocycles. The predicted octanol–water partition coefficient (Wildman–Crippen LogP) is 4.89. The number of aliphatic hydroxyl groups excluding tert-OH is 1. The maximum Gasteiger partial charge on any atom is 0.460 e. The van der Waals surface area contributed by atoms with Crippen LogP contribution < -0.4 is 5.32 Å². The molecule has 0 fully saturated rings. The molecular weight excluding hydrogens is 615 g/mol. The van der Waals surface area contributed by atoms with Gasteiger partial charge in [0.25, 0.3) is 0 Å². The van der Waals surface area contributed by atoms with Gasteiger partial charge in [0.1, 0.15) is 0 Å². The van der Waals surface area contributed by atoms with Gasteiger partial charge in [0.15, 0.2) is 6.54 Å². The molecule has 0 spiro atoms. The maximum atomic E-state index is 13.9. The SMILES string of the molecule is C[N+](C)(CCCNCC(O)CC(F)(F)C(F)(F)C(F)(F)C(F)(F)C(F)(F)C(F)(F)C(F)(F)C(F)(F)F)CC(=O)O. The van der Waals surface area contributed by atoms with Gasteiger partial charge in [-0.3, -0.25) is 0 Å². The van der Waals surface area contributed by atoms with E-state index in [-0.39, 0.29) is 30.5 Å². The van der Waals surface area contributed by atoms with Crippen LogP contribution in [0, 0.1) is 0 Å². The number of likely N-dealkylation sites (N-methyl/N-ethyl adjacent to an activating group) is 1. The van der Waals surface area contributed by atoms with E-state index in [2.05, 4.69) is 5.32 Å². The molecule has 3 N–H and O–H groups in total. The van der Waals surface area contributed by atoms with E-state index in [0.717, 1.165) is 0 Å². The van der Waals surface area contributed by atoms with E-state index in [1.807, 2.05) is 0 Å². The van der Waals surface area contributed by atoms with Crippen molar-refractivity contribution in [1.82, 2.24) is 5.32 Å². The maximum absolute atomic E-state index is 13.9. The molecule has 0 aromatic carbocycles. The molecule has 240 valence electrons. The Hall–Kier alpha value is -1.84. The van der Waals surface area contributed by atoms with Crippen molar-refractivity contribution in [3.05, 3.63) is 0 Å². The topological polar surface area (TPSA) is 69.6 Å². The van der Waals surface area contributed by atoms with Gasteiger partial charge in [0.05, 0.1) is 26.7 Å². The molecule has 0 radical (unpaired) electrons. The number of rotatable bonds is 16. The second-order valence-electron chi connectivity index (χ2n) is 9.28. The molecule has 0 aromatic rings. The Morgan fingerprint density at radius 3 is 1.45 bits per heavy atom. The summed E-state index contributed by atoms with van der Waals surface area (Å²) in [5.74, 6) is -58.3. The first-order chi connectivity index (χ1) is 17.3. The number of quaternary nitrogens is 1. The number of alkyl halides is 17. The quantitative estimate of drug-likeness (QED) is 0.128. The number of hydrogen-bond acceptors (Lipinski definition) is 3. The molecular formula is C18H22F17N2O3+. The van der Waals surface area contributed by atoms with Crippen LogP contribution in [0.15, 0.2) is 0 Å². The molecule has 40 heavy (non-hydrogen) atoms. The fourth-order valence-electron chi connectivity index (χ4n) is 3.04. The zero-order chi connectivity index (χ0) is 32.6. The molecule has 0 heterocycles. The van der Waals surface area contributed by atoms with Crippen LogP contribution in [0.3, 0.4) is 0 Å². The highest BCUT2D eigenvalue weighted by atomic mass is 19.4. The third kappa shape index (κ3) is 6.96. The first-order valence-corrected chi connectivity index (χ1v) is 10.4. The summed E-state index contributed by atoms with van der Waals surface area (Å²) in [6.45, 7) is -1.77. The fraction of sp³-hybridized carbons (Fsp3) is 0.944. The molecule has 0 amide bonds. The lowest BCUT2D eigenvalue weighted by Gasteiger charge is -2.43. The molecule has 0 saturated heterocycles. The molecule has 1 unspecified atom stereocenters.